The van der Waals surface area contributed by atoms with Crippen molar-refractivity contribution in [3.05, 3.63) is 190 Å². The first-order valence-corrected chi connectivity index (χ1v) is 37.5. The standard InChI is InChI=1S/C27H32N2O4S.C26H30N2O4S.C25H28N2O4S/c1-17-4-9-24(25(30)10-17)29-14-22-23(27(29)31)16-34-26(22)15-32-21-7-5-20(6-8-21)13-28-11-18(2)33-19(3)12-28;1-18-2-7-23(24(29)14-18)28-15-21-22(26(28)30)17-33-25(21)16-32-20-5-3-19(4-6-20)8-9-27-10-12-31-13-11-27;1-17-2-7-22(23(28)12-17)27-15-19-13-21(32-24(19)25(27)29)16-31-20-5-3-18(4-6-20)14-26-8-10-30-11-9-26/h5-8,16,18-19,24H,1,4,9-15H2,2-3H3;3-6,17,23H,1-2,7-16H2;3-6,13,22H,1-2,7-12,14-16H2/t18?,19?,24-;23-;22-/m000/s1. The molecule has 9 heterocycles. The van der Waals surface area contributed by atoms with Crippen molar-refractivity contribution in [1.29, 1.82) is 0 Å². The van der Waals surface area contributed by atoms with Crippen molar-refractivity contribution in [2.45, 2.75) is 161 Å². The minimum Gasteiger partial charge on any atom is -0.488 e. The fraction of sp³-hybridized carbons (Fsp3) is 0.462. The fourth-order valence-electron chi connectivity index (χ4n) is 14.8. The zero-order chi connectivity index (χ0) is 68.7. The third-order valence-corrected chi connectivity index (χ3v) is 23.4. The topological polar surface area (TPSA) is 177 Å². The molecule has 0 N–H and O–H groups in total. The van der Waals surface area contributed by atoms with Crippen molar-refractivity contribution in [3.63, 3.8) is 0 Å². The van der Waals surface area contributed by atoms with E-state index in [1.165, 1.54) is 28.0 Å². The summed E-state index contributed by atoms with van der Waals surface area (Å²) in [5.41, 5.74) is 11.2. The minimum absolute atomic E-state index is 0.0189. The van der Waals surface area contributed by atoms with Gasteiger partial charge in [-0.05, 0) is 124 Å². The van der Waals surface area contributed by atoms with Crippen LogP contribution in [0, 0.1) is 0 Å². The first-order chi connectivity index (χ1) is 48.0. The molecule has 21 heteroatoms. The van der Waals surface area contributed by atoms with E-state index >= 15 is 0 Å². The van der Waals surface area contributed by atoms with Crippen LogP contribution in [0.4, 0.5) is 0 Å². The normalized spacial score (nSPS) is 23.0. The lowest BCUT2D eigenvalue weighted by atomic mass is 9.89. The molecule has 0 bridgehead atoms. The van der Waals surface area contributed by atoms with Crippen LogP contribution in [0.5, 0.6) is 17.2 Å². The number of ketones is 3. The van der Waals surface area contributed by atoms with E-state index in [-0.39, 0.29) is 65.4 Å². The lowest BCUT2D eigenvalue weighted by molar-refractivity contribution is -0.124. The lowest BCUT2D eigenvalue weighted by Crippen LogP contribution is -2.44. The quantitative estimate of drug-likeness (QED) is 0.0699. The van der Waals surface area contributed by atoms with Gasteiger partial charge in [-0.15, -0.1) is 34.0 Å². The number of allylic oxidation sites excluding steroid dienone is 3. The maximum atomic E-state index is 13.0. The molecule has 3 saturated carbocycles. The highest BCUT2D eigenvalue weighted by atomic mass is 32.1. The molecule has 5 atom stereocenters. The maximum Gasteiger partial charge on any atom is 0.265 e. The number of rotatable bonds is 19. The summed E-state index contributed by atoms with van der Waals surface area (Å²) in [7, 11) is 0. The molecule has 6 aliphatic heterocycles. The predicted octanol–water partition coefficient (Wildman–Crippen LogP) is 12.2. The Hall–Kier alpha value is -7.44. The van der Waals surface area contributed by atoms with Crippen LogP contribution >= 0.6 is 34.0 Å². The van der Waals surface area contributed by atoms with Crippen molar-refractivity contribution in [2.75, 3.05) is 72.2 Å². The van der Waals surface area contributed by atoms with Gasteiger partial charge < -0.3 is 43.1 Å². The number of morpholine rings is 3. The zero-order valence-electron chi connectivity index (χ0n) is 57.0. The Labute approximate surface area is 592 Å². The second kappa shape index (κ2) is 32.0. The van der Waals surface area contributed by atoms with Crippen molar-refractivity contribution >= 4 is 69.1 Å². The Kier molecular flexibility index (Phi) is 22.7. The largest absolute Gasteiger partial charge is 0.488 e. The average molecular weight is 1400 g/mol. The number of ether oxygens (including phenoxy) is 6. The van der Waals surface area contributed by atoms with Crippen molar-refractivity contribution < 1.29 is 57.2 Å². The average Bonchev–Trinajstić information content (AvgIpc) is 1.64. The van der Waals surface area contributed by atoms with Gasteiger partial charge in [0.05, 0.1) is 72.8 Å². The number of thiophene rings is 3. The molecule has 2 unspecified atom stereocenters. The molecule has 9 aliphatic rings. The third kappa shape index (κ3) is 17.1. The number of carbonyl (C=O) groups excluding carboxylic acids is 6. The second-order valence-corrected chi connectivity index (χ2v) is 30.7. The molecular formula is C78H90N6O12S3. The molecule has 6 aromatic rings. The van der Waals surface area contributed by atoms with Gasteiger partial charge in [0, 0.05) is 134 Å². The lowest BCUT2D eigenvalue weighted by Gasteiger charge is -2.35. The van der Waals surface area contributed by atoms with E-state index in [1.54, 1.807) is 37.4 Å². The Morgan fingerprint density at radius 3 is 1.35 bits per heavy atom. The summed E-state index contributed by atoms with van der Waals surface area (Å²) in [5.74, 6) is 2.73. The van der Waals surface area contributed by atoms with Gasteiger partial charge in [0.15, 0.2) is 17.3 Å². The number of amides is 3. The summed E-state index contributed by atoms with van der Waals surface area (Å²) < 4.78 is 34.7. The van der Waals surface area contributed by atoms with Crippen LogP contribution in [0.2, 0.25) is 0 Å². The molecule has 18 nitrogen and oxygen atoms in total. The van der Waals surface area contributed by atoms with Gasteiger partial charge in [0.2, 0.25) is 0 Å². The molecule has 6 fully saturated rings. The van der Waals surface area contributed by atoms with Gasteiger partial charge in [-0.3, -0.25) is 43.5 Å². The SMILES string of the molecule is C=C1CC[C@H](N2Cc3c(csc3COc3ccc(CCN4CCOCC4)cc3)C2=O)C(=O)C1.C=C1CC[C@H](N2Cc3c(csc3COc3ccc(CN4CC(C)OC(C)C4)cc3)C2=O)C(=O)C1.C=C1CC[C@H](N2Cc3cc(COc4ccc(CN5CCOCC5)cc4)sc3C2=O)C(=O)C1. The highest BCUT2D eigenvalue weighted by Crippen LogP contribution is 2.40. The number of carbonyl (C=O) groups is 6. The summed E-state index contributed by atoms with van der Waals surface area (Å²) in [4.78, 5) is 92.6. The van der Waals surface area contributed by atoms with Crippen LogP contribution in [-0.2, 0) is 87.6 Å². The van der Waals surface area contributed by atoms with E-state index in [2.05, 4.69) is 90.7 Å². The molecule has 3 aliphatic carbocycles. The second-order valence-electron chi connectivity index (χ2n) is 27.7. The van der Waals surface area contributed by atoms with Crippen molar-refractivity contribution in [3.8, 4) is 17.2 Å². The molecule has 3 aromatic heterocycles. The van der Waals surface area contributed by atoms with E-state index in [0.717, 1.165) is 192 Å². The van der Waals surface area contributed by atoms with E-state index in [4.69, 9.17) is 28.4 Å². The molecule has 0 radical (unpaired) electrons. The first-order valence-electron chi connectivity index (χ1n) is 35.0. The van der Waals surface area contributed by atoms with Gasteiger partial charge in [-0.1, -0.05) is 72.9 Å². The first kappa shape index (κ1) is 70.0. The summed E-state index contributed by atoms with van der Waals surface area (Å²) in [6.07, 6.45) is 7.20. The number of benzene rings is 3. The summed E-state index contributed by atoms with van der Waals surface area (Å²) in [6, 6.07) is 25.9. The van der Waals surface area contributed by atoms with Crippen molar-refractivity contribution in [2.24, 2.45) is 0 Å². The molecule has 522 valence electrons. The van der Waals surface area contributed by atoms with Gasteiger partial charge in [-0.25, -0.2) is 0 Å². The van der Waals surface area contributed by atoms with E-state index < -0.39 is 0 Å². The van der Waals surface area contributed by atoms with E-state index in [1.807, 2.05) is 47.2 Å². The summed E-state index contributed by atoms with van der Waals surface area (Å²) in [6.45, 7) is 30.9. The number of hydrogen-bond donors (Lipinski definition) is 0. The monoisotopic (exact) mass is 1400 g/mol. The van der Waals surface area contributed by atoms with Gasteiger partial charge in [0.1, 0.15) is 37.1 Å². The minimum atomic E-state index is -0.325. The van der Waals surface area contributed by atoms with Crippen LogP contribution < -0.4 is 14.2 Å². The number of hydrogen-bond acceptors (Lipinski definition) is 18. The smallest absolute Gasteiger partial charge is 0.265 e. The molecule has 99 heavy (non-hydrogen) atoms. The molecular weight excluding hydrogens is 1310 g/mol. The molecule has 3 amide bonds. The predicted molar refractivity (Wildman–Crippen MR) is 383 cm³/mol. The highest BCUT2D eigenvalue weighted by molar-refractivity contribution is 7.14. The summed E-state index contributed by atoms with van der Waals surface area (Å²) >= 11 is 4.61. The molecule has 3 aromatic carbocycles. The number of Topliss-reactive ketones (excluding diaryl/α,β-unsaturated/α-hetero) is 3. The number of nitrogens with zero attached hydrogens (tertiary/aromatic N) is 6. The van der Waals surface area contributed by atoms with Crippen LogP contribution in [0.1, 0.15) is 150 Å². The summed E-state index contributed by atoms with van der Waals surface area (Å²) in [5, 5.41) is 3.83. The Morgan fingerprint density at radius 2 is 0.909 bits per heavy atom. The maximum absolute atomic E-state index is 13.0. The van der Waals surface area contributed by atoms with Crippen LogP contribution in [0.3, 0.4) is 0 Å². The van der Waals surface area contributed by atoms with Crippen LogP contribution in [-0.4, -0.2) is 167 Å². The van der Waals surface area contributed by atoms with Gasteiger partial charge >= 0.3 is 0 Å². The third-order valence-electron chi connectivity index (χ3n) is 20.2. The Morgan fingerprint density at radius 1 is 0.495 bits per heavy atom. The Bertz CT molecular complexity index is 3950. The molecule has 3 saturated heterocycles. The van der Waals surface area contributed by atoms with E-state index in [9.17, 15) is 28.8 Å². The highest BCUT2D eigenvalue weighted by Gasteiger charge is 2.43. The molecule has 15 rings (SSSR count). The van der Waals surface area contributed by atoms with Crippen LogP contribution in [0.15, 0.2) is 126 Å². The van der Waals surface area contributed by atoms with Crippen LogP contribution in [0.25, 0.3) is 0 Å². The van der Waals surface area contributed by atoms with Gasteiger partial charge in [-0.2, -0.15) is 0 Å². The Balaban J connectivity index is 0.000000133. The fourth-order valence-corrected chi connectivity index (χ4v) is 17.8. The van der Waals surface area contributed by atoms with Gasteiger partial charge in [0.25, 0.3) is 17.7 Å². The van der Waals surface area contributed by atoms with E-state index in [0.29, 0.717) is 78.0 Å². The zero-order valence-corrected chi connectivity index (χ0v) is 59.4. The number of fused-ring (bicyclic) bond motifs is 3. The molecule has 0 spiro atoms. The van der Waals surface area contributed by atoms with Crippen molar-refractivity contribution in [1.82, 2.24) is 29.4 Å².